The van der Waals surface area contributed by atoms with Gasteiger partial charge in [0.1, 0.15) is 0 Å². The molecule has 0 spiro atoms. The van der Waals surface area contributed by atoms with Crippen LogP contribution in [0.15, 0.2) is 54.9 Å². The molecule has 0 unspecified atom stereocenters. The Morgan fingerprint density at radius 2 is 1.75 bits per heavy atom. The van der Waals surface area contributed by atoms with Crippen molar-refractivity contribution in [3.8, 4) is 0 Å². The van der Waals surface area contributed by atoms with E-state index in [1.807, 2.05) is 49.4 Å². The van der Waals surface area contributed by atoms with Gasteiger partial charge in [-0.25, -0.2) is 4.79 Å². The first kappa shape index (κ1) is 17.5. The van der Waals surface area contributed by atoms with Crippen LogP contribution in [0, 0.1) is 0 Å². The minimum Gasteiger partial charge on any atom is -0.354 e. The Labute approximate surface area is 141 Å². The van der Waals surface area contributed by atoms with Crippen molar-refractivity contribution in [3.05, 3.63) is 66.0 Å². The number of benzene rings is 1. The molecule has 1 aromatic carbocycles. The largest absolute Gasteiger partial charge is 0.354 e. The molecule has 3 N–H and O–H groups in total. The average Bonchev–Trinajstić information content (AvgIpc) is 2.61. The Bertz CT molecular complexity index is 647. The van der Waals surface area contributed by atoms with Gasteiger partial charge < -0.3 is 16.0 Å². The normalized spacial score (nSPS) is 11.4. The maximum absolute atomic E-state index is 11.8. The van der Waals surface area contributed by atoms with Gasteiger partial charge >= 0.3 is 6.03 Å². The molecule has 0 aliphatic heterocycles. The Kier molecular flexibility index (Phi) is 6.76. The molecule has 1 heterocycles. The number of carbonyl (C=O) groups excluding carboxylic acids is 2. The predicted molar refractivity (Wildman–Crippen MR) is 92.3 cm³/mol. The van der Waals surface area contributed by atoms with E-state index in [0.717, 1.165) is 17.5 Å². The molecule has 24 heavy (non-hydrogen) atoms. The fourth-order valence-corrected chi connectivity index (χ4v) is 2.20. The monoisotopic (exact) mass is 326 g/mol. The lowest BCUT2D eigenvalue weighted by atomic mass is 10.1. The second-order valence-electron chi connectivity index (χ2n) is 5.41. The van der Waals surface area contributed by atoms with Gasteiger partial charge in [-0.1, -0.05) is 30.3 Å². The zero-order chi connectivity index (χ0) is 17.2. The van der Waals surface area contributed by atoms with Gasteiger partial charge in [-0.3, -0.25) is 9.78 Å². The topological polar surface area (TPSA) is 83.1 Å². The quantitative estimate of drug-likeness (QED) is 0.725. The van der Waals surface area contributed by atoms with E-state index in [1.54, 1.807) is 12.4 Å². The SMILES string of the molecule is C[C@H](NC(=O)NCC(=O)NCCc1ccccc1)c1ccncc1. The molecule has 1 atom stereocenters. The summed E-state index contributed by atoms with van der Waals surface area (Å²) >= 11 is 0. The summed E-state index contributed by atoms with van der Waals surface area (Å²) in [7, 11) is 0. The van der Waals surface area contributed by atoms with E-state index < -0.39 is 0 Å². The van der Waals surface area contributed by atoms with E-state index in [1.165, 1.54) is 0 Å². The zero-order valence-electron chi connectivity index (χ0n) is 13.7. The summed E-state index contributed by atoms with van der Waals surface area (Å²) in [6.07, 6.45) is 4.11. The number of hydrogen-bond donors (Lipinski definition) is 3. The third-order valence-electron chi connectivity index (χ3n) is 3.54. The van der Waals surface area contributed by atoms with Crippen LogP contribution >= 0.6 is 0 Å². The van der Waals surface area contributed by atoms with E-state index in [0.29, 0.717) is 6.54 Å². The number of rotatable bonds is 7. The average molecular weight is 326 g/mol. The molecule has 1 aromatic heterocycles. The van der Waals surface area contributed by atoms with Gasteiger partial charge in [0.2, 0.25) is 5.91 Å². The minimum atomic E-state index is -0.377. The van der Waals surface area contributed by atoms with E-state index in [-0.39, 0.29) is 24.5 Å². The number of nitrogens with zero attached hydrogens (tertiary/aromatic N) is 1. The number of aromatic nitrogens is 1. The summed E-state index contributed by atoms with van der Waals surface area (Å²) < 4.78 is 0. The smallest absolute Gasteiger partial charge is 0.315 e. The fraction of sp³-hybridized carbons (Fsp3) is 0.278. The summed E-state index contributed by atoms with van der Waals surface area (Å²) in [6.45, 7) is 2.36. The summed E-state index contributed by atoms with van der Waals surface area (Å²) in [4.78, 5) is 27.5. The molecule has 126 valence electrons. The van der Waals surface area contributed by atoms with Crippen molar-refractivity contribution >= 4 is 11.9 Å². The van der Waals surface area contributed by atoms with Crippen LogP contribution in [0.3, 0.4) is 0 Å². The second-order valence-corrected chi connectivity index (χ2v) is 5.41. The lowest BCUT2D eigenvalue weighted by Crippen LogP contribution is -2.43. The first-order valence-electron chi connectivity index (χ1n) is 7.90. The molecule has 0 saturated heterocycles. The molecule has 0 radical (unpaired) electrons. The minimum absolute atomic E-state index is 0.0519. The molecule has 0 aliphatic rings. The van der Waals surface area contributed by atoms with Gasteiger partial charge in [0.25, 0.3) is 0 Å². The summed E-state index contributed by atoms with van der Waals surface area (Å²) in [5.41, 5.74) is 2.11. The number of nitrogens with one attached hydrogen (secondary N) is 3. The van der Waals surface area contributed by atoms with E-state index in [9.17, 15) is 9.59 Å². The summed E-state index contributed by atoms with van der Waals surface area (Å²) in [6, 6.07) is 13.0. The molecule has 6 nitrogen and oxygen atoms in total. The van der Waals surface area contributed by atoms with Crippen LogP contribution in [-0.4, -0.2) is 30.0 Å². The van der Waals surface area contributed by atoms with Crippen molar-refractivity contribution < 1.29 is 9.59 Å². The summed E-state index contributed by atoms with van der Waals surface area (Å²) in [5.74, 6) is -0.211. The van der Waals surface area contributed by atoms with Gasteiger partial charge in [0, 0.05) is 18.9 Å². The Morgan fingerprint density at radius 3 is 2.46 bits per heavy atom. The molecule has 0 bridgehead atoms. The van der Waals surface area contributed by atoms with Crippen LogP contribution in [0.5, 0.6) is 0 Å². The highest BCUT2D eigenvalue weighted by Gasteiger charge is 2.10. The van der Waals surface area contributed by atoms with E-state index >= 15 is 0 Å². The molecule has 3 amide bonds. The predicted octanol–water partition coefficient (Wildman–Crippen LogP) is 1.80. The Balaban J connectivity index is 1.63. The van der Waals surface area contributed by atoms with E-state index in [2.05, 4.69) is 20.9 Å². The van der Waals surface area contributed by atoms with Crippen molar-refractivity contribution in [1.82, 2.24) is 20.9 Å². The molecular weight excluding hydrogens is 304 g/mol. The van der Waals surface area contributed by atoms with Gasteiger partial charge in [0.15, 0.2) is 0 Å². The third kappa shape index (κ3) is 6.08. The van der Waals surface area contributed by atoms with Crippen LogP contribution < -0.4 is 16.0 Å². The van der Waals surface area contributed by atoms with Gasteiger partial charge in [0.05, 0.1) is 12.6 Å². The number of amides is 3. The van der Waals surface area contributed by atoms with Crippen LogP contribution in [0.25, 0.3) is 0 Å². The molecule has 2 rings (SSSR count). The fourth-order valence-electron chi connectivity index (χ4n) is 2.20. The van der Waals surface area contributed by atoms with Crippen LogP contribution in [0.4, 0.5) is 4.79 Å². The maximum atomic E-state index is 11.8. The van der Waals surface area contributed by atoms with Gasteiger partial charge in [-0.15, -0.1) is 0 Å². The number of urea groups is 1. The molecule has 2 aromatic rings. The first-order chi connectivity index (χ1) is 11.6. The lowest BCUT2D eigenvalue weighted by Gasteiger charge is -2.14. The van der Waals surface area contributed by atoms with E-state index in [4.69, 9.17) is 0 Å². The van der Waals surface area contributed by atoms with Gasteiger partial charge in [-0.05, 0) is 36.6 Å². The third-order valence-corrected chi connectivity index (χ3v) is 3.54. The molecule has 0 saturated carbocycles. The molecular formula is C18H22N4O2. The highest BCUT2D eigenvalue weighted by molar-refractivity contribution is 5.84. The first-order valence-corrected chi connectivity index (χ1v) is 7.90. The highest BCUT2D eigenvalue weighted by atomic mass is 16.2. The van der Waals surface area contributed by atoms with Crippen LogP contribution in [-0.2, 0) is 11.2 Å². The van der Waals surface area contributed by atoms with Crippen LogP contribution in [0.1, 0.15) is 24.1 Å². The molecule has 6 heteroatoms. The summed E-state index contributed by atoms with van der Waals surface area (Å²) in [5, 5.41) is 8.11. The Morgan fingerprint density at radius 1 is 1.04 bits per heavy atom. The van der Waals surface area contributed by atoms with Crippen molar-refractivity contribution in [3.63, 3.8) is 0 Å². The lowest BCUT2D eigenvalue weighted by molar-refractivity contribution is -0.120. The van der Waals surface area contributed by atoms with Gasteiger partial charge in [-0.2, -0.15) is 0 Å². The number of hydrogen-bond acceptors (Lipinski definition) is 3. The second kappa shape index (κ2) is 9.29. The molecule has 0 aliphatic carbocycles. The number of carbonyl (C=O) groups is 2. The van der Waals surface area contributed by atoms with Crippen LogP contribution in [0.2, 0.25) is 0 Å². The Hall–Kier alpha value is -2.89. The standard InChI is InChI=1S/C18H22N4O2/c1-14(16-8-10-19-11-9-16)22-18(24)21-13-17(23)20-12-7-15-5-3-2-4-6-15/h2-6,8-11,14H,7,12-13H2,1H3,(H,20,23)(H2,21,22,24)/t14-/m0/s1. The van der Waals surface area contributed by atoms with Crippen molar-refractivity contribution in [2.24, 2.45) is 0 Å². The van der Waals surface area contributed by atoms with Crippen molar-refractivity contribution in [2.45, 2.75) is 19.4 Å². The maximum Gasteiger partial charge on any atom is 0.315 e. The van der Waals surface area contributed by atoms with Crippen molar-refractivity contribution in [1.29, 1.82) is 0 Å². The zero-order valence-corrected chi connectivity index (χ0v) is 13.7. The highest BCUT2D eigenvalue weighted by Crippen LogP contribution is 2.09. The molecule has 0 fully saturated rings. The number of pyridine rings is 1. The van der Waals surface area contributed by atoms with Crippen molar-refractivity contribution in [2.75, 3.05) is 13.1 Å².